The molecule has 0 unspecified atom stereocenters. The first-order valence-corrected chi connectivity index (χ1v) is 10.8. The summed E-state index contributed by atoms with van der Waals surface area (Å²) in [7, 11) is 0. The molecule has 1 N–H and O–H groups in total. The van der Waals surface area contributed by atoms with E-state index in [1.807, 2.05) is 4.90 Å². The minimum Gasteiger partial charge on any atom is -0.465 e. The Morgan fingerprint density at radius 3 is 2.54 bits per heavy atom. The average molecular weight is 409 g/mol. The number of nitrogens with zero attached hydrogens (tertiary/aromatic N) is 1. The van der Waals surface area contributed by atoms with Gasteiger partial charge in [0, 0.05) is 11.4 Å². The van der Waals surface area contributed by atoms with Crippen molar-refractivity contribution < 1.29 is 23.9 Å². The predicted molar refractivity (Wildman–Crippen MR) is 107 cm³/mol. The van der Waals surface area contributed by atoms with E-state index in [0.29, 0.717) is 36.2 Å². The lowest BCUT2D eigenvalue weighted by molar-refractivity contribution is -0.144. The summed E-state index contributed by atoms with van der Waals surface area (Å²) in [4.78, 5) is 39.9. The number of aryl methyl sites for hydroxylation is 1. The van der Waals surface area contributed by atoms with Crippen LogP contribution in [0.5, 0.6) is 0 Å². The van der Waals surface area contributed by atoms with Gasteiger partial charge in [-0.05, 0) is 57.4 Å². The van der Waals surface area contributed by atoms with Crippen LogP contribution in [0.3, 0.4) is 0 Å². The fourth-order valence-electron chi connectivity index (χ4n) is 3.52. The molecule has 0 spiro atoms. The third kappa shape index (κ3) is 5.32. The number of amides is 1. The Kier molecular flexibility index (Phi) is 7.07. The quantitative estimate of drug-likeness (QED) is 0.599. The zero-order chi connectivity index (χ0) is 20.1. The normalized spacial score (nSPS) is 15.4. The highest BCUT2D eigenvalue weighted by molar-refractivity contribution is 7.17. The van der Waals surface area contributed by atoms with E-state index in [0.717, 1.165) is 42.5 Å². The van der Waals surface area contributed by atoms with Crippen LogP contribution in [0.4, 0.5) is 5.00 Å². The lowest BCUT2D eigenvalue weighted by Crippen LogP contribution is -2.38. The fraction of sp³-hybridized carbons (Fsp3) is 0.650. The van der Waals surface area contributed by atoms with Gasteiger partial charge in [-0.1, -0.05) is 0 Å². The molecule has 1 heterocycles. The monoisotopic (exact) mass is 408 g/mol. The Balaban J connectivity index is 1.67. The van der Waals surface area contributed by atoms with E-state index in [-0.39, 0.29) is 30.9 Å². The van der Waals surface area contributed by atoms with Gasteiger partial charge in [0.15, 0.2) is 0 Å². The highest BCUT2D eigenvalue weighted by atomic mass is 32.1. The van der Waals surface area contributed by atoms with E-state index >= 15 is 0 Å². The maximum Gasteiger partial charge on any atom is 0.341 e. The third-order valence-corrected chi connectivity index (χ3v) is 6.10. The summed E-state index contributed by atoms with van der Waals surface area (Å²) < 4.78 is 10.2. The maximum absolute atomic E-state index is 12.7. The second kappa shape index (κ2) is 9.52. The summed E-state index contributed by atoms with van der Waals surface area (Å²) in [6, 6.07) is 0. The molecule has 0 radical (unpaired) electrons. The molecule has 2 aliphatic carbocycles. The van der Waals surface area contributed by atoms with Crippen molar-refractivity contribution in [2.45, 2.75) is 46.0 Å². The predicted octanol–water partition coefficient (Wildman–Crippen LogP) is 2.63. The first-order chi connectivity index (χ1) is 13.5. The standard InChI is InChI=1S/C20H28N2O5S/c1-3-26-17(24)12-22(10-13-8-9-13)11-16(23)21-19-18(20(25)27-4-2)14-6-5-7-15(14)28-19/h13H,3-12H2,1-2H3,(H,21,23). The van der Waals surface area contributed by atoms with Gasteiger partial charge in [-0.2, -0.15) is 0 Å². The lowest BCUT2D eigenvalue weighted by atomic mass is 10.1. The molecule has 8 heteroatoms. The molecule has 1 saturated carbocycles. The lowest BCUT2D eigenvalue weighted by Gasteiger charge is -2.20. The number of carbonyl (C=O) groups is 3. The smallest absolute Gasteiger partial charge is 0.341 e. The minimum absolute atomic E-state index is 0.0974. The second-order valence-electron chi connectivity index (χ2n) is 7.25. The van der Waals surface area contributed by atoms with Crippen LogP contribution in [0, 0.1) is 5.92 Å². The second-order valence-corrected chi connectivity index (χ2v) is 8.35. The number of anilines is 1. The van der Waals surface area contributed by atoms with Crippen molar-refractivity contribution in [3.63, 3.8) is 0 Å². The van der Waals surface area contributed by atoms with E-state index in [2.05, 4.69) is 5.32 Å². The molecule has 1 aromatic heterocycles. The number of hydrogen-bond acceptors (Lipinski definition) is 7. The summed E-state index contributed by atoms with van der Waals surface area (Å²) in [6.07, 6.45) is 5.05. The summed E-state index contributed by atoms with van der Waals surface area (Å²) in [5, 5.41) is 3.46. The first-order valence-electron chi connectivity index (χ1n) is 10.0. The molecule has 3 rings (SSSR count). The number of fused-ring (bicyclic) bond motifs is 1. The Bertz CT molecular complexity index is 741. The number of carbonyl (C=O) groups excluding carboxylic acids is 3. The number of thiophene rings is 1. The van der Waals surface area contributed by atoms with Gasteiger partial charge < -0.3 is 14.8 Å². The maximum atomic E-state index is 12.7. The van der Waals surface area contributed by atoms with Gasteiger partial charge in [-0.15, -0.1) is 11.3 Å². The summed E-state index contributed by atoms with van der Waals surface area (Å²) in [5.41, 5.74) is 1.52. The van der Waals surface area contributed by atoms with Gasteiger partial charge in [0.2, 0.25) is 5.91 Å². The van der Waals surface area contributed by atoms with Crippen molar-refractivity contribution in [2.75, 3.05) is 38.2 Å². The van der Waals surface area contributed by atoms with Gasteiger partial charge in [0.05, 0.1) is 31.9 Å². The first kappa shape index (κ1) is 20.8. The van der Waals surface area contributed by atoms with E-state index < -0.39 is 0 Å². The van der Waals surface area contributed by atoms with E-state index in [4.69, 9.17) is 9.47 Å². The van der Waals surface area contributed by atoms with Crippen LogP contribution in [0.25, 0.3) is 0 Å². The number of esters is 2. The molecule has 0 saturated heterocycles. The molecule has 0 atom stereocenters. The average Bonchev–Trinajstić information content (AvgIpc) is 3.20. The van der Waals surface area contributed by atoms with Gasteiger partial charge in [0.25, 0.3) is 0 Å². The molecule has 154 valence electrons. The summed E-state index contributed by atoms with van der Waals surface area (Å²) >= 11 is 1.46. The molecular weight excluding hydrogens is 380 g/mol. The van der Waals surface area contributed by atoms with Crippen LogP contribution in [0.2, 0.25) is 0 Å². The van der Waals surface area contributed by atoms with Crippen molar-refractivity contribution in [1.82, 2.24) is 4.90 Å². The van der Waals surface area contributed by atoms with E-state index in [9.17, 15) is 14.4 Å². The number of nitrogens with one attached hydrogen (secondary N) is 1. The SMILES string of the molecule is CCOC(=O)CN(CC(=O)Nc1sc2c(c1C(=O)OCC)CCC2)CC1CC1. The summed E-state index contributed by atoms with van der Waals surface area (Å²) in [6.45, 7) is 5.07. The van der Waals surface area contributed by atoms with Gasteiger partial charge in [-0.25, -0.2) is 4.79 Å². The van der Waals surface area contributed by atoms with Crippen LogP contribution in [0.1, 0.15) is 53.9 Å². The van der Waals surface area contributed by atoms with Crippen molar-refractivity contribution in [2.24, 2.45) is 5.92 Å². The van der Waals surface area contributed by atoms with Crippen LogP contribution in [0.15, 0.2) is 0 Å². The minimum atomic E-state index is -0.376. The van der Waals surface area contributed by atoms with Gasteiger partial charge in [-0.3, -0.25) is 14.5 Å². The highest BCUT2D eigenvalue weighted by Crippen LogP contribution is 2.39. The van der Waals surface area contributed by atoms with Crippen LogP contribution >= 0.6 is 11.3 Å². The molecule has 2 aliphatic rings. The molecule has 28 heavy (non-hydrogen) atoms. The van der Waals surface area contributed by atoms with Crippen molar-refractivity contribution in [3.8, 4) is 0 Å². The van der Waals surface area contributed by atoms with Crippen LogP contribution in [-0.4, -0.2) is 55.6 Å². The Morgan fingerprint density at radius 1 is 1.11 bits per heavy atom. The van der Waals surface area contributed by atoms with Gasteiger partial charge in [0.1, 0.15) is 5.00 Å². The number of ether oxygens (including phenoxy) is 2. The zero-order valence-corrected chi connectivity index (χ0v) is 17.4. The fourth-order valence-corrected chi connectivity index (χ4v) is 4.81. The number of hydrogen-bond donors (Lipinski definition) is 1. The molecule has 1 aromatic rings. The molecule has 0 aliphatic heterocycles. The Labute approximate surface area is 169 Å². The van der Waals surface area contributed by atoms with Crippen molar-refractivity contribution in [1.29, 1.82) is 0 Å². The van der Waals surface area contributed by atoms with Crippen molar-refractivity contribution in [3.05, 3.63) is 16.0 Å². The topological polar surface area (TPSA) is 84.9 Å². The Hall–Kier alpha value is -1.93. The van der Waals surface area contributed by atoms with E-state index in [1.165, 1.54) is 11.3 Å². The van der Waals surface area contributed by atoms with E-state index in [1.54, 1.807) is 13.8 Å². The molecule has 1 fully saturated rings. The molecule has 0 bridgehead atoms. The number of rotatable bonds is 10. The summed E-state index contributed by atoms with van der Waals surface area (Å²) in [5.74, 6) is -0.380. The third-order valence-electron chi connectivity index (χ3n) is 4.89. The molecular formula is C20H28N2O5S. The van der Waals surface area contributed by atoms with Gasteiger partial charge >= 0.3 is 11.9 Å². The Morgan fingerprint density at radius 2 is 1.86 bits per heavy atom. The molecule has 1 amide bonds. The van der Waals surface area contributed by atoms with Crippen LogP contribution in [-0.2, 0) is 31.9 Å². The van der Waals surface area contributed by atoms with Crippen LogP contribution < -0.4 is 5.32 Å². The van der Waals surface area contributed by atoms with Crippen molar-refractivity contribution >= 4 is 34.2 Å². The molecule has 7 nitrogen and oxygen atoms in total. The highest BCUT2D eigenvalue weighted by Gasteiger charge is 2.30. The zero-order valence-electron chi connectivity index (χ0n) is 16.5. The largest absolute Gasteiger partial charge is 0.465 e. The molecule has 0 aromatic carbocycles.